The summed E-state index contributed by atoms with van der Waals surface area (Å²) in [5, 5.41) is 2.80. The van der Waals surface area contributed by atoms with Gasteiger partial charge >= 0.3 is 0 Å². The van der Waals surface area contributed by atoms with E-state index in [1.807, 2.05) is 43.3 Å². The van der Waals surface area contributed by atoms with Gasteiger partial charge < -0.3 is 5.32 Å². The molecule has 1 N–H and O–H groups in total. The third-order valence-corrected chi connectivity index (χ3v) is 2.62. The molecular weight excluding hydrogens is 301 g/mol. The molecule has 3 heteroatoms. The second kappa shape index (κ2) is 6.40. The van der Waals surface area contributed by atoms with Crippen LogP contribution < -0.4 is 5.32 Å². The van der Waals surface area contributed by atoms with E-state index in [1.54, 1.807) is 6.08 Å². The molecule has 0 saturated carbocycles. The van der Waals surface area contributed by atoms with Crippen LogP contribution in [0.4, 0.5) is 5.69 Å². The lowest BCUT2D eigenvalue weighted by atomic mass is 10.3. The van der Waals surface area contributed by atoms with Gasteiger partial charge in [-0.2, -0.15) is 0 Å². The van der Waals surface area contributed by atoms with Gasteiger partial charge in [0.05, 0.1) is 5.69 Å². The molecule has 0 aromatic heterocycles. The number of para-hydroxylation sites is 1. The Kier molecular flexibility index (Phi) is 5.10. The van der Waals surface area contributed by atoms with E-state index in [2.05, 4.69) is 27.9 Å². The van der Waals surface area contributed by atoms with Crippen molar-refractivity contribution in [2.24, 2.45) is 0 Å². The van der Waals surface area contributed by atoms with Crippen molar-refractivity contribution in [1.29, 1.82) is 0 Å². The summed E-state index contributed by atoms with van der Waals surface area (Å²) < 4.78 is 1.03. The molecule has 0 spiro atoms. The lowest BCUT2D eigenvalue weighted by Crippen LogP contribution is -2.08. The Labute approximate surface area is 103 Å². The Morgan fingerprint density at radius 1 is 1.33 bits per heavy atom. The average molecular weight is 313 g/mol. The van der Waals surface area contributed by atoms with Gasteiger partial charge in [0.25, 0.3) is 0 Å². The number of amides is 1. The molecule has 0 bridgehead atoms. The van der Waals surface area contributed by atoms with E-state index in [4.69, 9.17) is 0 Å². The van der Waals surface area contributed by atoms with Gasteiger partial charge in [0, 0.05) is 9.65 Å². The first-order chi connectivity index (χ1) is 7.24. The molecule has 0 heterocycles. The quantitative estimate of drug-likeness (QED) is 0.517. The Morgan fingerprint density at radius 2 is 2.07 bits per heavy atom. The van der Waals surface area contributed by atoms with Crippen LogP contribution in [0.5, 0.6) is 0 Å². The summed E-state index contributed by atoms with van der Waals surface area (Å²) in [6.07, 6.45) is 6.90. The summed E-state index contributed by atoms with van der Waals surface area (Å²) in [6.45, 7) is 1.91. The molecule has 0 fully saturated rings. The van der Waals surface area contributed by atoms with Crippen LogP contribution in [0.15, 0.2) is 48.6 Å². The molecule has 0 unspecified atom stereocenters. The molecule has 1 aromatic rings. The predicted octanol–water partition coefficient (Wildman–Crippen LogP) is 3.36. The van der Waals surface area contributed by atoms with Gasteiger partial charge in [0.1, 0.15) is 0 Å². The van der Waals surface area contributed by atoms with Crippen molar-refractivity contribution in [2.45, 2.75) is 6.92 Å². The Morgan fingerprint density at radius 3 is 2.73 bits per heavy atom. The first kappa shape index (κ1) is 12.0. The van der Waals surface area contributed by atoms with E-state index in [0.717, 1.165) is 9.26 Å². The van der Waals surface area contributed by atoms with Gasteiger partial charge in [-0.3, -0.25) is 4.79 Å². The largest absolute Gasteiger partial charge is 0.322 e. The van der Waals surface area contributed by atoms with Crippen molar-refractivity contribution >= 4 is 34.2 Å². The van der Waals surface area contributed by atoms with Crippen molar-refractivity contribution in [3.05, 3.63) is 52.1 Å². The predicted molar refractivity (Wildman–Crippen MR) is 71.7 cm³/mol. The molecule has 0 atom stereocenters. The summed E-state index contributed by atoms with van der Waals surface area (Å²) >= 11 is 2.19. The van der Waals surface area contributed by atoms with Gasteiger partial charge in [0.15, 0.2) is 0 Å². The Hall–Kier alpha value is -1.10. The summed E-state index contributed by atoms with van der Waals surface area (Å²) in [5.41, 5.74) is 0.841. The van der Waals surface area contributed by atoms with Crippen LogP contribution in [0.25, 0.3) is 0 Å². The zero-order valence-corrected chi connectivity index (χ0v) is 10.6. The number of carbonyl (C=O) groups is 1. The van der Waals surface area contributed by atoms with Crippen molar-refractivity contribution in [3.63, 3.8) is 0 Å². The van der Waals surface area contributed by atoms with E-state index < -0.39 is 0 Å². The number of nitrogens with one attached hydrogen (secondary N) is 1. The highest BCUT2D eigenvalue weighted by Gasteiger charge is 2.00. The number of hydrogen-bond acceptors (Lipinski definition) is 1. The molecule has 78 valence electrons. The van der Waals surface area contributed by atoms with Crippen LogP contribution in [0.2, 0.25) is 0 Å². The fourth-order valence-corrected chi connectivity index (χ4v) is 1.51. The summed E-state index contributed by atoms with van der Waals surface area (Å²) in [7, 11) is 0. The number of hydrogen-bond donors (Lipinski definition) is 1. The van der Waals surface area contributed by atoms with Crippen LogP contribution >= 0.6 is 22.6 Å². The molecule has 0 aliphatic heterocycles. The maximum absolute atomic E-state index is 11.4. The minimum Gasteiger partial charge on any atom is -0.322 e. The van der Waals surface area contributed by atoms with Gasteiger partial charge in [0.2, 0.25) is 5.91 Å². The fraction of sp³-hybridized carbons (Fsp3) is 0.0833. The normalized spacial score (nSPS) is 11.1. The average Bonchev–Trinajstić information content (AvgIpc) is 2.22. The molecule has 2 nitrogen and oxygen atoms in total. The molecule has 0 radical (unpaired) electrons. The first-order valence-corrected chi connectivity index (χ1v) is 5.67. The third kappa shape index (κ3) is 4.29. The molecule has 0 aliphatic carbocycles. The highest BCUT2D eigenvalue weighted by atomic mass is 127. The molecule has 15 heavy (non-hydrogen) atoms. The number of anilines is 1. The van der Waals surface area contributed by atoms with Crippen LogP contribution in [0.3, 0.4) is 0 Å². The van der Waals surface area contributed by atoms with Crippen LogP contribution in [-0.4, -0.2) is 5.91 Å². The van der Waals surface area contributed by atoms with Gasteiger partial charge in [-0.15, -0.1) is 0 Å². The zero-order chi connectivity index (χ0) is 11.1. The number of allylic oxidation sites excluding steroid dienone is 3. The van der Waals surface area contributed by atoms with Crippen molar-refractivity contribution in [1.82, 2.24) is 0 Å². The smallest absolute Gasteiger partial charge is 0.248 e. The third-order valence-electron chi connectivity index (χ3n) is 1.68. The minimum atomic E-state index is -0.114. The molecule has 1 rings (SSSR count). The monoisotopic (exact) mass is 313 g/mol. The highest BCUT2D eigenvalue weighted by molar-refractivity contribution is 14.1. The topological polar surface area (TPSA) is 29.1 Å². The molecule has 0 aliphatic rings. The maximum Gasteiger partial charge on any atom is 0.248 e. The number of carbonyl (C=O) groups excluding carboxylic acids is 1. The zero-order valence-electron chi connectivity index (χ0n) is 8.41. The van der Waals surface area contributed by atoms with Crippen LogP contribution in [-0.2, 0) is 4.79 Å². The SMILES string of the molecule is C/C=C\C=C\C(=O)Nc1ccccc1I. The Balaban J connectivity index is 2.63. The molecule has 0 saturated heterocycles. The first-order valence-electron chi connectivity index (χ1n) is 4.59. The second-order valence-corrected chi connectivity index (χ2v) is 4.02. The summed E-state index contributed by atoms with van der Waals surface area (Å²) in [4.78, 5) is 11.4. The highest BCUT2D eigenvalue weighted by Crippen LogP contribution is 2.16. The standard InChI is InChI=1S/C12H12INO/c1-2-3-4-9-12(15)14-11-8-6-5-7-10(11)13/h2-9H,1H3,(H,14,15)/b3-2-,9-4+. The number of halogens is 1. The van der Waals surface area contributed by atoms with E-state index in [-0.39, 0.29) is 5.91 Å². The van der Waals surface area contributed by atoms with Crippen molar-refractivity contribution < 1.29 is 4.79 Å². The molecular formula is C12H12INO. The fourth-order valence-electron chi connectivity index (χ4n) is 0.991. The van der Waals surface area contributed by atoms with E-state index in [9.17, 15) is 4.79 Å². The lowest BCUT2D eigenvalue weighted by molar-refractivity contribution is -0.111. The van der Waals surface area contributed by atoms with Gasteiger partial charge in [-0.25, -0.2) is 0 Å². The number of benzene rings is 1. The van der Waals surface area contributed by atoms with E-state index in [0.29, 0.717) is 0 Å². The lowest BCUT2D eigenvalue weighted by Gasteiger charge is -2.03. The molecule has 1 aromatic carbocycles. The molecule has 1 amide bonds. The maximum atomic E-state index is 11.4. The number of rotatable bonds is 3. The second-order valence-electron chi connectivity index (χ2n) is 2.85. The van der Waals surface area contributed by atoms with Gasteiger partial charge in [-0.1, -0.05) is 30.4 Å². The Bertz CT molecular complexity index is 396. The summed E-state index contributed by atoms with van der Waals surface area (Å²) in [6, 6.07) is 7.66. The van der Waals surface area contributed by atoms with Crippen molar-refractivity contribution in [2.75, 3.05) is 5.32 Å². The van der Waals surface area contributed by atoms with Gasteiger partial charge in [-0.05, 0) is 41.6 Å². The minimum absolute atomic E-state index is 0.114. The van der Waals surface area contributed by atoms with E-state index >= 15 is 0 Å². The van der Waals surface area contributed by atoms with E-state index in [1.165, 1.54) is 6.08 Å². The van der Waals surface area contributed by atoms with Crippen molar-refractivity contribution in [3.8, 4) is 0 Å². The summed E-state index contributed by atoms with van der Waals surface area (Å²) in [5.74, 6) is -0.114. The van der Waals surface area contributed by atoms with Crippen LogP contribution in [0.1, 0.15) is 6.92 Å². The van der Waals surface area contributed by atoms with Crippen LogP contribution in [0, 0.1) is 3.57 Å².